The van der Waals surface area contributed by atoms with Crippen molar-refractivity contribution in [2.75, 3.05) is 12.4 Å². The van der Waals surface area contributed by atoms with Gasteiger partial charge in [0.15, 0.2) is 0 Å². The van der Waals surface area contributed by atoms with Crippen LogP contribution in [-0.4, -0.2) is 13.0 Å². The van der Waals surface area contributed by atoms with Crippen molar-refractivity contribution in [2.24, 2.45) is 0 Å². The molecule has 3 aromatic carbocycles. The zero-order valence-electron chi connectivity index (χ0n) is 16.5. The van der Waals surface area contributed by atoms with Gasteiger partial charge in [0, 0.05) is 30.7 Å². The highest BCUT2D eigenvalue weighted by atomic mass is 127. The second-order valence-electron chi connectivity index (χ2n) is 6.58. The van der Waals surface area contributed by atoms with Crippen LogP contribution in [0.1, 0.15) is 16.7 Å². The van der Waals surface area contributed by atoms with Gasteiger partial charge in [0.2, 0.25) is 0 Å². The predicted octanol–water partition coefficient (Wildman–Crippen LogP) is 6.85. The van der Waals surface area contributed by atoms with Crippen molar-refractivity contribution in [2.45, 2.75) is 6.42 Å². The van der Waals surface area contributed by atoms with Crippen LogP contribution in [0.15, 0.2) is 70.7 Å². The van der Waals surface area contributed by atoms with Crippen LogP contribution in [0.5, 0.6) is 5.75 Å². The van der Waals surface area contributed by atoms with Crippen molar-refractivity contribution in [1.29, 1.82) is 5.26 Å². The number of anilines is 1. The van der Waals surface area contributed by atoms with Crippen molar-refractivity contribution >= 4 is 67.8 Å². The van der Waals surface area contributed by atoms with Crippen LogP contribution in [0.3, 0.4) is 0 Å². The summed E-state index contributed by atoms with van der Waals surface area (Å²) in [7, 11) is 1.60. The molecule has 0 aliphatic carbocycles. The quantitative estimate of drug-likeness (QED) is 0.189. The minimum absolute atomic E-state index is 0.000347. The lowest BCUT2D eigenvalue weighted by Crippen LogP contribution is -2.13. The van der Waals surface area contributed by atoms with E-state index in [-0.39, 0.29) is 5.57 Å². The van der Waals surface area contributed by atoms with Gasteiger partial charge < -0.3 is 10.1 Å². The number of hydrogen-bond donors (Lipinski definition) is 1. The number of ether oxygens (including phenoxy) is 1. The minimum atomic E-state index is -0.473. The zero-order chi connectivity index (χ0) is 22.4. The second-order valence-corrected chi connectivity index (χ2v) is 9.07. The van der Waals surface area contributed by atoms with E-state index in [1.165, 1.54) is 0 Å². The highest BCUT2D eigenvalue weighted by Crippen LogP contribution is 2.31. The molecule has 0 heterocycles. The van der Waals surface area contributed by atoms with E-state index in [0.29, 0.717) is 28.4 Å². The summed E-state index contributed by atoms with van der Waals surface area (Å²) < 4.78 is 7.45. The number of nitrogens with one attached hydrogen (secondary N) is 1. The third-order valence-corrected chi connectivity index (χ3v) is 6.36. The van der Waals surface area contributed by atoms with Crippen molar-refractivity contribution < 1.29 is 9.53 Å². The van der Waals surface area contributed by atoms with Gasteiger partial charge in [0.05, 0.1) is 7.11 Å². The van der Waals surface area contributed by atoms with E-state index in [2.05, 4.69) is 43.8 Å². The number of rotatable bonds is 6. The van der Waals surface area contributed by atoms with Crippen molar-refractivity contribution in [3.8, 4) is 11.8 Å². The number of benzene rings is 3. The fourth-order valence-electron chi connectivity index (χ4n) is 2.95. The van der Waals surface area contributed by atoms with Crippen LogP contribution in [0, 0.1) is 14.9 Å². The number of amides is 1. The molecular weight excluding hydrogens is 591 g/mol. The Morgan fingerprint density at radius 2 is 1.94 bits per heavy atom. The van der Waals surface area contributed by atoms with Gasteiger partial charge in [-0.2, -0.15) is 5.26 Å². The molecule has 1 N–H and O–H groups in total. The average molecular weight is 608 g/mol. The molecule has 0 radical (unpaired) electrons. The molecular formula is C24H17BrClIN2O2. The summed E-state index contributed by atoms with van der Waals surface area (Å²) in [6.07, 6.45) is 2.17. The molecule has 0 unspecified atom stereocenters. The lowest BCUT2D eigenvalue weighted by Gasteiger charge is -2.13. The molecule has 0 fully saturated rings. The maximum Gasteiger partial charge on any atom is 0.266 e. The fourth-order valence-corrected chi connectivity index (χ4v) is 4.23. The van der Waals surface area contributed by atoms with Gasteiger partial charge in [-0.15, -0.1) is 0 Å². The van der Waals surface area contributed by atoms with E-state index >= 15 is 0 Å². The summed E-state index contributed by atoms with van der Waals surface area (Å²) in [6.45, 7) is 0. The zero-order valence-corrected chi connectivity index (χ0v) is 21.0. The minimum Gasteiger partial charge on any atom is -0.496 e. The van der Waals surface area contributed by atoms with Crippen LogP contribution in [0.4, 0.5) is 5.69 Å². The maximum atomic E-state index is 12.6. The highest BCUT2D eigenvalue weighted by molar-refractivity contribution is 14.1. The van der Waals surface area contributed by atoms with E-state index in [0.717, 1.165) is 19.2 Å². The molecule has 0 atom stereocenters. The number of methoxy groups -OCH3 is 1. The number of carbonyl (C=O) groups excluding carboxylic acids is 1. The van der Waals surface area contributed by atoms with Gasteiger partial charge >= 0.3 is 0 Å². The molecule has 0 bridgehead atoms. The Hall–Kier alpha value is -2.34. The monoisotopic (exact) mass is 606 g/mol. The smallest absolute Gasteiger partial charge is 0.266 e. The van der Waals surface area contributed by atoms with Crippen LogP contribution in [0.25, 0.3) is 6.08 Å². The second kappa shape index (κ2) is 10.8. The largest absolute Gasteiger partial charge is 0.496 e. The van der Waals surface area contributed by atoms with Crippen LogP contribution >= 0.6 is 50.1 Å². The Bertz CT molecular complexity index is 1190. The Kier molecular flexibility index (Phi) is 8.13. The number of carbonyl (C=O) groups is 1. The van der Waals surface area contributed by atoms with Gasteiger partial charge in [0.25, 0.3) is 5.91 Å². The molecule has 3 aromatic rings. The van der Waals surface area contributed by atoms with Crippen molar-refractivity contribution in [3.05, 3.63) is 96.0 Å². The first kappa shape index (κ1) is 23.3. The van der Waals surface area contributed by atoms with Crippen LogP contribution in [-0.2, 0) is 11.2 Å². The molecule has 0 saturated heterocycles. The first-order valence-electron chi connectivity index (χ1n) is 9.19. The molecule has 0 saturated carbocycles. The lowest BCUT2D eigenvalue weighted by molar-refractivity contribution is -0.112. The maximum absolute atomic E-state index is 12.6. The normalized spacial score (nSPS) is 11.0. The number of hydrogen-bond acceptors (Lipinski definition) is 3. The highest BCUT2D eigenvalue weighted by Gasteiger charge is 2.14. The summed E-state index contributed by atoms with van der Waals surface area (Å²) in [5.41, 5.74) is 3.30. The molecule has 0 spiro atoms. The Morgan fingerprint density at radius 3 is 2.58 bits per heavy atom. The molecule has 156 valence electrons. The summed E-state index contributed by atoms with van der Waals surface area (Å²) in [4.78, 5) is 12.6. The topological polar surface area (TPSA) is 62.1 Å². The molecule has 3 rings (SSSR count). The SMILES string of the molecule is COc1cc(/C=C(\C#N)C(=O)Nc2ccc(Br)cc2)cc(I)c1Cc1ccccc1Cl. The number of halogens is 3. The predicted molar refractivity (Wildman–Crippen MR) is 136 cm³/mol. The van der Waals surface area contributed by atoms with E-state index in [1.807, 2.05) is 54.6 Å². The Labute approximate surface area is 208 Å². The average Bonchev–Trinajstić information content (AvgIpc) is 2.76. The molecule has 7 heteroatoms. The third kappa shape index (κ3) is 6.10. The van der Waals surface area contributed by atoms with Gasteiger partial charge in [-0.1, -0.05) is 45.7 Å². The van der Waals surface area contributed by atoms with Crippen LogP contribution in [0.2, 0.25) is 5.02 Å². The van der Waals surface area contributed by atoms with Gasteiger partial charge in [-0.05, 0) is 82.3 Å². The number of nitriles is 1. The van der Waals surface area contributed by atoms with Gasteiger partial charge in [0.1, 0.15) is 17.4 Å². The first-order valence-corrected chi connectivity index (χ1v) is 11.4. The molecule has 0 aliphatic rings. The molecule has 0 aromatic heterocycles. The first-order chi connectivity index (χ1) is 14.9. The van der Waals surface area contributed by atoms with E-state index in [1.54, 1.807) is 25.3 Å². The van der Waals surface area contributed by atoms with Crippen LogP contribution < -0.4 is 10.1 Å². The van der Waals surface area contributed by atoms with E-state index in [4.69, 9.17) is 16.3 Å². The lowest BCUT2D eigenvalue weighted by atomic mass is 10.0. The van der Waals surface area contributed by atoms with Crippen molar-refractivity contribution in [3.63, 3.8) is 0 Å². The van der Waals surface area contributed by atoms with Crippen molar-refractivity contribution in [1.82, 2.24) is 0 Å². The summed E-state index contributed by atoms with van der Waals surface area (Å²) in [5, 5.41) is 13.0. The summed E-state index contributed by atoms with van der Waals surface area (Å²) in [6, 6.07) is 20.5. The Morgan fingerprint density at radius 1 is 1.23 bits per heavy atom. The standard InChI is InChI=1S/C24H17BrClIN2O2/c1-31-23-12-15(11-22(27)20(23)13-16-4-2-3-5-21(16)26)10-17(14-28)24(30)29-19-8-6-18(25)7-9-19/h2-12H,13H2,1H3,(H,29,30)/b17-10+. The van der Waals surface area contributed by atoms with E-state index < -0.39 is 5.91 Å². The third-order valence-electron chi connectivity index (χ3n) is 4.50. The molecule has 4 nitrogen and oxygen atoms in total. The van der Waals surface area contributed by atoms with Gasteiger partial charge in [-0.3, -0.25) is 4.79 Å². The summed E-state index contributed by atoms with van der Waals surface area (Å²) in [5.74, 6) is 0.197. The molecule has 0 aliphatic heterocycles. The summed E-state index contributed by atoms with van der Waals surface area (Å²) >= 11 is 11.9. The fraction of sp³-hybridized carbons (Fsp3) is 0.0833. The Balaban J connectivity index is 1.89. The van der Waals surface area contributed by atoms with E-state index in [9.17, 15) is 10.1 Å². The molecule has 31 heavy (non-hydrogen) atoms. The number of nitrogens with zero attached hydrogens (tertiary/aromatic N) is 1. The van der Waals surface area contributed by atoms with Gasteiger partial charge in [-0.25, -0.2) is 0 Å². The molecule has 1 amide bonds.